The van der Waals surface area contributed by atoms with Crippen LogP contribution in [0.3, 0.4) is 0 Å². The van der Waals surface area contributed by atoms with Gasteiger partial charge in [0.2, 0.25) is 11.8 Å². The fourth-order valence-corrected chi connectivity index (χ4v) is 2.38. The molecule has 0 aliphatic carbocycles. The standard InChI is InChI=1S/C21H24N2O4/c24-19(12-11-17-7-3-1-4-8-17)22-23-20(25)13-14-21(26)27-16-15-18-9-5-2-6-10-18/h1-10H,11-16H2,(H,22,24)(H,23,25). The van der Waals surface area contributed by atoms with E-state index < -0.39 is 11.9 Å². The second-order valence-corrected chi connectivity index (χ2v) is 6.04. The predicted molar refractivity (Wildman–Crippen MR) is 101 cm³/mol. The third-order valence-electron chi connectivity index (χ3n) is 3.88. The third kappa shape index (κ3) is 8.67. The van der Waals surface area contributed by atoms with E-state index in [2.05, 4.69) is 10.9 Å². The molecule has 0 saturated carbocycles. The molecule has 0 aromatic heterocycles. The van der Waals surface area contributed by atoms with E-state index in [1.807, 2.05) is 60.7 Å². The maximum atomic E-state index is 11.7. The molecule has 0 spiro atoms. The van der Waals surface area contributed by atoms with Crippen LogP contribution in [0.5, 0.6) is 0 Å². The highest BCUT2D eigenvalue weighted by atomic mass is 16.5. The Kier molecular flexibility index (Phi) is 8.56. The van der Waals surface area contributed by atoms with Gasteiger partial charge in [0.05, 0.1) is 13.0 Å². The van der Waals surface area contributed by atoms with Gasteiger partial charge in [0.15, 0.2) is 0 Å². The molecule has 0 radical (unpaired) electrons. The van der Waals surface area contributed by atoms with Crippen molar-refractivity contribution in [3.63, 3.8) is 0 Å². The molecule has 0 bridgehead atoms. The highest BCUT2D eigenvalue weighted by Crippen LogP contribution is 2.02. The number of aryl methyl sites for hydroxylation is 1. The molecule has 2 aromatic rings. The first kappa shape index (κ1) is 20.2. The van der Waals surface area contributed by atoms with E-state index in [-0.39, 0.29) is 31.8 Å². The van der Waals surface area contributed by atoms with Crippen LogP contribution in [0.15, 0.2) is 60.7 Å². The lowest BCUT2D eigenvalue weighted by atomic mass is 10.1. The number of benzene rings is 2. The molecule has 2 amide bonds. The van der Waals surface area contributed by atoms with E-state index in [0.717, 1.165) is 11.1 Å². The molecule has 0 saturated heterocycles. The number of hydrogen-bond acceptors (Lipinski definition) is 4. The molecule has 0 heterocycles. The summed E-state index contributed by atoms with van der Waals surface area (Å²) in [6.45, 7) is 0.278. The van der Waals surface area contributed by atoms with Crippen LogP contribution in [-0.2, 0) is 32.0 Å². The Bertz CT molecular complexity index is 732. The molecular formula is C21H24N2O4. The van der Waals surface area contributed by atoms with Gasteiger partial charge in [-0.25, -0.2) is 0 Å². The van der Waals surface area contributed by atoms with Crippen molar-refractivity contribution in [1.82, 2.24) is 10.9 Å². The minimum absolute atomic E-state index is 0.0273. The number of esters is 1. The predicted octanol–water partition coefficient (Wildman–Crippen LogP) is 2.33. The Morgan fingerprint density at radius 3 is 1.78 bits per heavy atom. The molecule has 0 atom stereocenters. The Morgan fingerprint density at radius 1 is 0.667 bits per heavy atom. The van der Waals surface area contributed by atoms with Crippen LogP contribution in [0.4, 0.5) is 0 Å². The fraction of sp³-hybridized carbons (Fsp3) is 0.286. The van der Waals surface area contributed by atoms with E-state index >= 15 is 0 Å². The topological polar surface area (TPSA) is 84.5 Å². The zero-order chi connectivity index (χ0) is 19.3. The summed E-state index contributed by atoms with van der Waals surface area (Å²) < 4.78 is 5.10. The zero-order valence-corrected chi connectivity index (χ0v) is 15.1. The van der Waals surface area contributed by atoms with Gasteiger partial charge in [-0.1, -0.05) is 60.7 Å². The SMILES string of the molecule is O=C(CCC(=O)OCCc1ccccc1)NNC(=O)CCc1ccccc1. The van der Waals surface area contributed by atoms with E-state index in [9.17, 15) is 14.4 Å². The van der Waals surface area contributed by atoms with Crippen molar-refractivity contribution in [1.29, 1.82) is 0 Å². The minimum Gasteiger partial charge on any atom is -0.465 e. The Balaban J connectivity index is 1.53. The molecule has 27 heavy (non-hydrogen) atoms. The second kappa shape index (κ2) is 11.5. The second-order valence-electron chi connectivity index (χ2n) is 6.04. The van der Waals surface area contributed by atoms with Crippen LogP contribution < -0.4 is 10.9 Å². The van der Waals surface area contributed by atoms with Crippen LogP contribution in [0.25, 0.3) is 0 Å². The van der Waals surface area contributed by atoms with Gasteiger partial charge in [0.25, 0.3) is 0 Å². The van der Waals surface area contributed by atoms with E-state index in [1.54, 1.807) is 0 Å². The third-order valence-corrected chi connectivity index (χ3v) is 3.88. The number of hydrazine groups is 1. The monoisotopic (exact) mass is 368 g/mol. The summed E-state index contributed by atoms with van der Waals surface area (Å²) >= 11 is 0. The molecule has 2 N–H and O–H groups in total. The smallest absolute Gasteiger partial charge is 0.306 e. The Hall–Kier alpha value is -3.15. The summed E-state index contributed by atoms with van der Waals surface area (Å²) in [5.74, 6) is -1.14. The van der Waals surface area contributed by atoms with Gasteiger partial charge in [-0.15, -0.1) is 0 Å². The molecule has 6 nitrogen and oxygen atoms in total. The quantitative estimate of drug-likeness (QED) is 0.526. The number of carbonyl (C=O) groups excluding carboxylic acids is 3. The van der Waals surface area contributed by atoms with E-state index in [0.29, 0.717) is 12.8 Å². The molecule has 142 valence electrons. The molecule has 2 rings (SSSR count). The molecule has 0 aliphatic heterocycles. The number of hydrogen-bond donors (Lipinski definition) is 2. The average molecular weight is 368 g/mol. The van der Waals surface area contributed by atoms with Gasteiger partial charge in [-0.05, 0) is 17.5 Å². The summed E-state index contributed by atoms with van der Waals surface area (Å²) in [4.78, 5) is 35.1. The minimum atomic E-state index is -0.434. The van der Waals surface area contributed by atoms with Crippen LogP contribution in [0, 0.1) is 0 Å². The highest BCUT2D eigenvalue weighted by Gasteiger charge is 2.09. The summed E-state index contributed by atoms with van der Waals surface area (Å²) in [5.41, 5.74) is 6.80. The Morgan fingerprint density at radius 2 is 1.19 bits per heavy atom. The van der Waals surface area contributed by atoms with Crippen molar-refractivity contribution >= 4 is 17.8 Å². The summed E-state index contributed by atoms with van der Waals surface area (Å²) in [7, 11) is 0. The van der Waals surface area contributed by atoms with Crippen molar-refractivity contribution in [2.45, 2.75) is 32.1 Å². The van der Waals surface area contributed by atoms with Crippen LogP contribution in [0.1, 0.15) is 30.4 Å². The molecule has 2 aromatic carbocycles. The van der Waals surface area contributed by atoms with Gasteiger partial charge < -0.3 is 4.74 Å². The summed E-state index contributed by atoms with van der Waals surface area (Å²) in [6, 6.07) is 19.3. The van der Waals surface area contributed by atoms with Gasteiger partial charge in [0.1, 0.15) is 0 Å². The summed E-state index contributed by atoms with van der Waals surface area (Å²) in [5, 5.41) is 0. The van der Waals surface area contributed by atoms with Crippen LogP contribution >= 0.6 is 0 Å². The molecule has 0 fully saturated rings. The lowest BCUT2D eigenvalue weighted by molar-refractivity contribution is -0.145. The van der Waals surface area contributed by atoms with Gasteiger partial charge in [-0.2, -0.15) is 0 Å². The number of rotatable bonds is 9. The summed E-state index contributed by atoms with van der Waals surface area (Å²) in [6.07, 6.45) is 1.43. The lowest BCUT2D eigenvalue weighted by Gasteiger charge is -2.08. The van der Waals surface area contributed by atoms with Gasteiger partial charge >= 0.3 is 5.97 Å². The zero-order valence-electron chi connectivity index (χ0n) is 15.1. The van der Waals surface area contributed by atoms with Crippen molar-refractivity contribution in [3.05, 3.63) is 71.8 Å². The molecular weight excluding hydrogens is 344 g/mol. The fourth-order valence-electron chi connectivity index (χ4n) is 2.38. The van der Waals surface area contributed by atoms with E-state index in [1.165, 1.54) is 0 Å². The first-order chi connectivity index (χ1) is 13.1. The van der Waals surface area contributed by atoms with Gasteiger partial charge in [-0.3, -0.25) is 25.2 Å². The van der Waals surface area contributed by atoms with Crippen LogP contribution in [-0.4, -0.2) is 24.4 Å². The number of ether oxygens (including phenoxy) is 1. The lowest BCUT2D eigenvalue weighted by Crippen LogP contribution is -2.41. The van der Waals surface area contributed by atoms with Gasteiger partial charge in [0, 0.05) is 19.3 Å². The average Bonchev–Trinajstić information content (AvgIpc) is 2.70. The highest BCUT2D eigenvalue weighted by molar-refractivity contribution is 5.84. The van der Waals surface area contributed by atoms with Crippen molar-refractivity contribution in [2.24, 2.45) is 0 Å². The maximum Gasteiger partial charge on any atom is 0.306 e. The van der Waals surface area contributed by atoms with E-state index in [4.69, 9.17) is 4.74 Å². The van der Waals surface area contributed by atoms with Crippen molar-refractivity contribution < 1.29 is 19.1 Å². The first-order valence-corrected chi connectivity index (χ1v) is 8.94. The first-order valence-electron chi connectivity index (χ1n) is 8.94. The Labute approximate surface area is 158 Å². The number of amides is 2. The van der Waals surface area contributed by atoms with Crippen molar-refractivity contribution in [2.75, 3.05) is 6.61 Å². The maximum absolute atomic E-state index is 11.7. The molecule has 0 unspecified atom stereocenters. The van der Waals surface area contributed by atoms with Crippen LogP contribution in [0.2, 0.25) is 0 Å². The number of carbonyl (C=O) groups is 3. The normalized spacial score (nSPS) is 10.1. The molecule has 0 aliphatic rings. The number of nitrogens with one attached hydrogen (secondary N) is 2. The van der Waals surface area contributed by atoms with Crippen molar-refractivity contribution in [3.8, 4) is 0 Å². The molecule has 6 heteroatoms. The largest absolute Gasteiger partial charge is 0.465 e.